The quantitative estimate of drug-likeness (QED) is 0.698. The lowest BCUT2D eigenvalue weighted by atomic mass is 10.0. The summed E-state index contributed by atoms with van der Waals surface area (Å²) >= 11 is 0. The van der Waals surface area contributed by atoms with E-state index in [1.165, 1.54) is 7.11 Å². The summed E-state index contributed by atoms with van der Waals surface area (Å²) in [5.74, 6) is -0.257. The lowest BCUT2D eigenvalue weighted by molar-refractivity contribution is -0.154. The predicted octanol–water partition coefficient (Wildman–Crippen LogP) is 0.712. The van der Waals surface area contributed by atoms with E-state index < -0.39 is 5.54 Å². The summed E-state index contributed by atoms with van der Waals surface area (Å²) in [6.45, 7) is 8.25. The van der Waals surface area contributed by atoms with Crippen molar-refractivity contribution in [1.29, 1.82) is 0 Å². The first-order valence-corrected chi connectivity index (χ1v) is 6.18. The van der Waals surface area contributed by atoms with Crippen LogP contribution in [-0.2, 0) is 14.3 Å². The number of piperazine rings is 1. The SMILES string of the molecule is CCOC(=O)N1CCN(C(C)(C)C(=O)OC)CC1. The highest BCUT2D eigenvalue weighted by atomic mass is 16.6. The van der Waals surface area contributed by atoms with Gasteiger partial charge >= 0.3 is 12.1 Å². The number of rotatable bonds is 3. The standard InChI is InChI=1S/C12H22N2O4/c1-5-18-11(16)13-6-8-14(9-7-13)12(2,3)10(15)17-4/h5-9H2,1-4H3. The maximum absolute atomic E-state index is 11.7. The van der Waals surface area contributed by atoms with Gasteiger partial charge in [0.2, 0.25) is 0 Å². The van der Waals surface area contributed by atoms with Crippen LogP contribution in [0.25, 0.3) is 0 Å². The zero-order valence-corrected chi connectivity index (χ0v) is 11.6. The summed E-state index contributed by atoms with van der Waals surface area (Å²) in [6.07, 6.45) is -0.284. The van der Waals surface area contributed by atoms with Gasteiger partial charge in [-0.3, -0.25) is 9.69 Å². The second kappa shape index (κ2) is 6.04. The zero-order valence-electron chi connectivity index (χ0n) is 11.6. The molecule has 1 saturated heterocycles. The van der Waals surface area contributed by atoms with E-state index in [0.29, 0.717) is 32.8 Å². The fourth-order valence-corrected chi connectivity index (χ4v) is 2.04. The normalized spacial score (nSPS) is 17.4. The molecule has 1 heterocycles. The van der Waals surface area contributed by atoms with Gasteiger partial charge in [0, 0.05) is 26.2 Å². The monoisotopic (exact) mass is 258 g/mol. The number of methoxy groups -OCH3 is 1. The molecular formula is C12H22N2O4. The van der Waals surface area contributed by atoms with Crippen LogP contribution in [0.4, 0.5) is 4.79 Å². The topological polar surface area (TPSA) is 59.1 Å². The van der Waals surface area contributed by atoms with E-state index in [1.807, 2.05) is 18.7 Å². The van der Waals surface area contributed by atoms with Gasteiger partial charge < -0.3 is 14.4 Å². The molecule has 1 fully saturated rings. The molecule has 0 N–H and O–H groups in total. The van der Waals surface area contributed by atoms with Gasteiger partial charge in [-0.25, -0.2) is 4.79 Å². The van der Waals surface area contributed by atoms with Gasteiger partial charge in [-0.1, -0.05) is 0 Å². The Morgan fingerprint density at radius 1 is 1.17 bits per heavy atom. The Labute approximate surface area is 108 Å². The summed E-state index contributed by atoms with van der Waals surface area (Å²) in [4.78, 5) is 26.9. The molecule has 1 rings (SSSR count). The number of carbonyl (C=O) groups excluding carboxylic acids is 2. The first-order valence-electron chi connectivity index (χ1n) is 6.18. The van der Waals surface area contributed by atoms with Crippen molar-refractivity contribution in [1.82, 2.24) is 9.80 Å². The molecule has 0 saturated carbocycles. The molecule has 1 amide bonds. The first-order chi connectivity index (χ1) is 8.43. The van der Waals surface area contributed by atoms with Crippen LogP contribution in [0.15, 0.2) is 0 Å². The lowest BCUT2D eigenvalue weighted by Gasteiger charge is -2.41. The minimum atomic E-state index is -0.657. The third kappa shape index (κ3) is 3.13. The highest BCUT2D eigenvalue weighted by Gasteiger charge is 2.38. The van der Waals surface area contributed by atoms with Crippen molar-refractivity contribution in [3.05, 3.63) is 0 Å². The van der Waals surface area contributed by atoms with Crippen LogP contribution >= 0.6 is 0 Å². The van der Waals surface area contributed by atoms with Crippen molar-refractivity contribution in [2.24, 2.45) is 0 Å². The summed E-state index contributed by atoms with van der Waals surface area (Å²) in [6, 6.07) is 0. The van der Waals surface area contributed by atoms with Crippen molar-refractivity contribution in [3.63, 3.8) is 0 Å². The van der Waals surface area contributed by atoms with Crippen molar-refractivity contribution in [2.45, 2.75) is 26.3 Å². The Morgan fingerprint density at radius 2 is 1.72 bits per heavy atom. The second-order valence-corrected chi connectivity index (χ2v) is 4.72. The third-order valence-electron chi connectivity index (χ3n) is 3.28. The third-order valence-corrected chi connectivity index (χ3v) is 3.28. The predicted molar refractivity (Wildman–Crippen MR) is 66.3 cm³/mol. The maximum Gasteiger partial charge on any atom is 0.409 e. The molecule has 0 aromatic carbocycles. The first kappa shape index (κ1) is 14.8. The maximum atomic E-state index is 11.7. The Bertz CT molecular complexity index is 309. The van der Waals surface area contributed by atoms with Crippen molar-refractivity contribution < 1.29 is 19.1 Å². The summed E-state index contributed by atoms with van der Waals surface area (Å²) in [5, 5.41) is 0. The number of hydrogen-bond donors (Lipinski definition) is 0. The van der Waals surface area contributed by atoms with Crippen LogP contribution in [0.1, 0.15) is 20.8 Å². The van der Waals surface area contributed by atoms with E-state index in [-0.39, 0.29) is 12.1 Å². The van der Waals surface area contributed by atoms with E-state index in [1.54, 1.807) is 11.8 Å². The largest absolute Gasteiger partial charge is 0.468 e. The second-order valence-electron chi connectivity index (χ2n) is 4.72. The minimum Gasteiger partial charge on any atom is -0.468 e. The molecule has 0 aromatic rings. The molecule has 0 atom stereocenters. The van der Waals surface area contributed by atoms with Crippen LogP contribution in [0, 0.1) is 0 Å². The molecule has 0 spiro atoms. The van der Waals surface area contributed by atoms with Gasteiger partial charge in [-0.2, -0.15) is 0 Å². The van der Waals surface area contributed by atoms with Gasteiger partial charge in [0.05, 0.1) is 13.7 Å². The van der Waals surface area contributed by atoms with E-state index >= 15 is 0 Å². The van der Waals surface area contributed by atoms with Gasteiger partial charge in [-0.05, 0) is 20.8 Å². The molecule has 0 unspecified atom stereocenters. The molecule has 18 heavy (non-hydrogen) atoms. The fourth-order valence-electron chi connectivity index (χ4n) is 2.04. The Morgan fingerprint density at radius 3 is 2.17 bits per heavy atom. The lowest BCUT2D eigenvalue weighted by Crippen LogP contribution is -2.59. The average Bonchev–Trinajstić information content (AvgIpc) is 2.38. The van der Waals surface area contributed by atoms with E-state index in [4.69, 9.17) is 9.47 Å². The number of nitrogens with zero attached hydrogens (tertiary/aromatic N) is 2. The molecule has 1 aliphatic rings. The summed E-state index contributed by atoms with van der Waals surface area (Å²) in [7, 11) is 1.39. The Hall–Kier alpha value is -1.30. The number of hydrogen-bond acceptors (Lipinski definition) is 5. The van der Waals surface area contributed by atoms with Crippen molar-refractivity contribution in [2.75, 3.05) is 39.9 Å². The Balaban J connectivity index is 2.53. The Kier molecular flexibility index (Phi) is 4.95. The number of amides is 1. The molecule has 0 bridgehead atoms. The average molecular weight is 258 g/mol. The molecular weight excluding hydrogens is 236 g/mol. The van der Waals surface area contributed by atoms with Gasteiger partial charge in [0.25, 0.3) is 0 Å². The van der Waals surface area contributed by atoms with E-state index in [2.05, 4.69) is 0 Å². The van der Waals surface area contributed by atoms with Crippen molar-refractivity contribution >= 4 is 12.1 Å². The van der Waals surface area contributed by atoms with Gasteiger partial charge in [0.1, 0.15) is 5.54 Å². The summed E-state index contributed by atoms with van der Waals surface area (Å²) < 4.78 is 9.74. The van der Waals surface area contributed by atoms with Gasteiger partial charge in [0.15, 0.2) is 0 Å². The van der Waals surface area contributed by atoms with Crippen LogP contribution in [-0.4, -0.2) is 67.3 Å². The van der Waals surface area contributed by atoms with E-state index in [9.17, 15) is 9.59 Å². The van der Waals surface area contributed by atoms with E-state index in [0.717, 1.165) is 0 Å². The highest BCUT2D eigenvalue weighted by molar-refractivity contribution is 5.79. The number of carbonyl (C=O) groups is 2. The molecule has 0 aromatic heterocycles. The minimum absolute atomic E-state index is 0.257. The number of ether oxygens (including phenoxy) is 2. The smallest absolute Gasteiger partial charge is 0.409 e. The van der Waals surface area contributed by atoms with Crippen LogP contribution < -0.4 is 0 Å². The highest BCUT2D eigenvalue weighted by Crippen LogP contribution is 2.18. The van der Waals surface area contributed by atoms with Crippen molar-refractivity contribution in [3.8, 4) is 0 Å². The molecule has 6 heteroatoms. The van der Waals surface area contributed by atoms with Crippen LogP contribution in [0.5, 0.6) is 0 Å². The molecule has 0 aliphatic carbocycles. The fraction of sp³-hybridized carbons (Fsp3) is 0.833. The molecule has 6 nitrogen and oxygen atoms in total. The molecule has 1 aliphatic heterocycles. The summed E-state index contributed by atoms with van der Waals surface area (Å²) in [5.41, 5.74) is -0.657. The number of esters is 1. The zero-order chi connectivity index (χ0) is 13.8. The van der Waals surface area contributed by atoms with Crippen LogP contribution in [0.2, 0.25) is 0 Å². The molecule has 104 valence electrons. The van der Waals surface area contributed by atoms with Gasteiger partial charge in [-0.15, -0.1) is 0 Å². The van der Waals surface area contributed by atoms with Crippen LogP contribution in [0.3, 0.4) is 0 Å². The molecule has 0 radical (unpaired) electrons.